The van der Waals surface area contributed by atoms with Gasteiger partial charge in [0.05, 0.1) is 18.3 Å². The molecular weight excluding hydrogens is 287 g/mol. The lowest BCUT2D eigenvalue weighted by Gasteiger charge is -2.37. The van der Waals surface area contributed by atoms with E-state index in [9.17, 15) is 9.65 Å². The van der Waals surface area contributed by atoms with Gasteiger partial charge >= 0.3 is 0 Å². The molecule has 0 unspecified atom stereocenters. The van der Waals surface area contributed by atoms with Gasteiger partial charge in [0.2, 0.25) is 0 Å². The van der Waals surface area contributed by atoms with Gasteiger partial charge < -0.3 is 14.2 Å². The number of halogens is 1. The molecule has 1 aromatic heterocycles. The van der Waals surface area contributed by atoms with Gasteiger partial charge in [0, 0.05) is 6.54 Å². The molecule has 22 heavy (non-hydrogen) atoms. The van der Waals surface area contributed by atoms with Gasteiger partial charge in [0.25, 0.3) is 5.89 Å². The van der Waals surface area contributed by atoms with Crippen molar-refractivity contribution < 1.29 is 13.7 Å². The highest BCUT2D eigenvalue weighted by Crippen LogP contribution is 2.30. The van der Waals surface area contributed by atoms with Crippen molar-refractivity contribution in [3.63, 3.8) is 0 Å². The number of anilines is 1. The van der Waals surface area contributed by atoms with Crippen LogP contribution in [0.4, 0.5) is 10.1 Å². The zero-order chi connectivity index (χ0) is 15.7. The molecule has 3 rings (SSSR count). The second kappa shape index (κ2) is 5.73. The van der Waals surface area contributed by atoms with Crippen molar-refractivity contribution in [2.24, 2.45) is 0 Å². The minimum absolute atomic E-state index is 0.0389. The molecule has 2 heterocycles. The van der Waals surface area contributed by atoms with Crippen LogP contribution >= 0.6 is 0 Å². The zero-order valence-electron chi connectivity index (χ0n) is 12.3. The second-order valence-electron chi connectivity index (χ2n) is 5.27. The predicted octanol–water partition coefficient (Wildman–Crippen LogP) is 2.36. The summed E-state index contributed by atoms with van der Waals surface area (Å²) in [4.78, 5) is 6.11. The van der Waals surface area contributed by atoms with E-state index in [1.807, 2.05) is 17.9 Å². The number of nitrogens with zero attached hydrogens (tertiary/aromatic N) is 4. The van der Waals surface area contributed by atoms with E-state index in [-0.39, 0.29) is 11.7 Å². The lowest BCUT2D eigenvalue weighted by Crippen LogP contribution is -2.43. The van der Waals surface area contributed by atoms with Crippen LogP contribution in [0.1, 0.15) is 30.3 Å². The van der Waals surface area contributed by atoms with Crippen LogP contribution in [0.5, 0.6) is 0 Å². The van der Waals surface area contributed by atoms with E-state index in [0.717, 1.165) is 0 Å². The first-order valence-electron chi connectivity index (χ1n) is 6.97. The second-order valence-corrected chi connectivity index (χ2v) is 5.27. The van der Waals surface area contributed by atoms with E-state index in [0.29, 0.717) is 30.5 Å². The molecule has 7 heteroatoms. The number of aryl methyl sites for hydroxylation is 1. The van der Waals surface area contributed by atoms with Crippen molar-refractivity contribution in [2.45, 2.75) is 26.1 Å². The normalized spacial score (nSPS) is 21.6. The van der Waals surface area contributed by atoms with Crippen LogP contribution in [0.25, 0.3) is 0 Å². The van der Waals surface area contributed by atoms with Crippen molar-refractivity contribution in [1.82, 2.24) is 10.1 Å². The molecular formula is C15H15FN4O2. The molecule has 1 aliphatic heterocycles. The van der Waals surface area contributed by atoms with Gasteiger partial charge in [0.15, 0.2) is 11.9 Å². The molecule has 2 atom stereocenters. The summed E-state index contributed by atoms with van der Waals surface area (Å²) in [5.74, 6) is 0.403. The van der Waals surface area contributed by atoms with Crippen LogP contribution in [-0.4, -0.2) is 29.3 Å². The van der Waals surface area contributed by atoms with E-state index in [4.69, 9.17) is 9.26 Å². The summed E-state index contributed by atoms with van der Waals surface area (Å²) in [5.41, 5.74) is 0.593. The Bertz CT molecular complexity index is 725. The topological polar surface area (TPSA) is 75.2 Å². The van der Waals surface area contributed by atoms with E-state index in [2.05, 4.69) is 10.1 Å². The third-order valence-corrected chi connectivity index (χ3v) is 3.52. The minimum atomic E-state index is -0.524. The largest absolute Gasteiger partial charge is 0.365 e. The molecule has 1 aliphatic rings. The van der Waals surface area contributed by atoms with Crippen LogP contribution in [0.3, 0.4) is 0 Å². The maximum atomic E-state index is 13.8. The molecule has 0 radical (unpaired) electrons. The minimum Gasteiger partial charge on any atom is -0.365 e. The summed E-state index contributed by atoms with van der Waals surface area (Å²) >= 11 is 0. The Kier molecular flexibility index (Phi) is 3.77. The van der Waals surface area contributed by atoms with Crippen LogP contribution in [0.2, 0.25) is 0 Å². The highest BCUT2D eigenvalue weighted by molar-refractivity contribution is 5.60. The first-order chi connectivity index (χ1) is 10.6. The highest BCUT2D eigenvalue weighted by atomic mass is 19.1. The van der Waals surface area contributed by atoms with E-state index < -0.39 is 11.9 Å². The van der Waals surface area contributed by atoms with Gasteiger partial charge in [-0.1, -0.05) is 11.2 Å². The third-order valence-electron chi connectivity index (χ3n) is 3.52. The van der Waals surface area contributed by atoms with Gasteiger partial charge in [-0.25, -0.2) is 4.39 Å². The number of hydrogen-bond acceptors (Lipinski definition) is 6. The molecule has 0 aliphatic carbocycles. The Labute approximate surface area is 127 Å². The number of morpholine rings is 1. The van der Waals surface area contributed by atoms with Crippen molar-refractivity contribution in [1.29, 1.82) is 5.26 Å². The Morgan fingerprint density at radius 1 is 1.41 bits per heavy atom. The number of aromatic nitrogens is 2. The van der Waals surface area contributed by atoms with Crippen LogP contribution in [0, 0.1) is 24.1 Å². The van der Waals surface area contributed by atoms with Gasteiger partial charge in [-0.05, 0) is 26.0 Å². The Morgan fingerprint density at radius 3 is 2.91 bits per heavy atom. The molecule has 114 valence electrons. The molecule has 0 saturated carbocycles. The maximum Gasteiger partial charge on any atom is 0.257 e. The lowest BCUT2D eigenvalue weighted by molar-refractivity contribution is -0.0331. The number of benzene rings is 1. The Balaban J connectivity index is 1.92. The molecule has 1 saturated heterocycles. The van der Waals surface area contributed by atoms with Gasteiger partial charge in [-0.15, -0.1) is 0 Å². The number of hydrogen-bond donors (Lipinski definition) is 0. The van der Waals surface area contributed by atoms with Crippen molar-refractivity contribution in [2.75, 3.05) is 18.0 Å². The van der Waals surface area contributed by atoms with Crippen LogP contribution < -0.4 is 4.90 Å². The Hall–Kier alpha value is -2.46. The van der Waals surface area contributed by atoms with Gasteiger partial charge in [0.1, 0.15) is 17.4 Å². The van der Waals surface area contributed by atoms with Gasteiger partial charge in [-0.2, -0.15) is 10.2 Å². The van der Waals surface area contributed by atoms with Crippen molar-refractivity contribution >= 4 is 5.69 Å². The third kappa shape index (κ3) is 2.65. The Morgan fingerprint density at radius 2 is 2.23 bits per heavy atom. The molecule has 1 aromatic carbocycles. The van der Waals surface area contributed by atoms with Crippen LogP contribution in [-0.2, 0) is 4.74 Å². The fourth-order valence-corrected chi connectivity index (χ4v) is 2.62. The lowest BCUT2D eigenvalue weighted by atomic mass is 10.1. The van der Waals surface area contributed by atoms with E-state index >= 15 is 0 Å². The molecule has 0 bridgehead atoms. The number of nitriles is 1. The first-order valence-corrected chi connectivity index (χ1v) is 6.97. The average molecular weight is 302 g/mol. The molecule has 0 spiro atoms. The quantitative estimate of drug-likeness (QED) is 0.847. The molecule has 0 N–H and O–H groups in total. The highest BCUT2D eigenvalue weighted by Gasteiger charge is 2.31. The fourth-order valence-electron chi connectivity index (χ4n) is 2.62. The fraction of sp³-hybridized carbons (Fsp3) is 0.400. The summed E-state index contributed by atoms with van der Waals surface area (Å²) < 4.78 is 24.8. The smallest absolute Gasteiger partial charge is 0.257 e. The summed E-state index contributed by atoms with van der Waals surface area (Å²) in [6, 6.07) is 6.54. The van der Waals surface area contributed by atoms with Gasteiger partial charge in [-0.3, -0.25) is 0 Å². The average Bonchev–Trinajstić information content (AvgIpc) is 2.93. The predicted molar refractivity (Wildman–Crippen MR) is 75.7 cm³/mol. The zero-order valence-corrected chi connectivity index (χ0v) is 12.3. The van der Waals surface area contributed by atoms with Crippen molar-refractivity contribution in [3.8, 4) is 6.07 Å². The SMILES string of the molecule is Cc1noc([C@H]2CN(c3cccc(F)c3C#N)C[C@@H](C)O2)n1. The first kappa shape index (κ1) is 14.5. The van der Waals surface area contributed by atoms with E-state index in [1.165, 1.54) is 6.07 Å². The standard InChI is InChI=1S/C15H15FN4O2/c1-9-7-20(13-5-3-4-12(16)11(13)6-17)8-14(21-9)15-18-10(2)19-22-15/h3-5,9,14H,7-8H2,1-2H3/t9-,14-/m1/s1. The van der Waals surface area contributed by atoms with E-state index in [1.54, 1.807) is 19.1 Å². The van der Waals surface area contributed by atoms with Crippen molar-refractivity contribution in [3.05, 3.63) is 41.3 Å². The molecule has 0 amide bonds. The molecule has 6 nitrogen and oxygen atoms in total. The monoisotopic (exact) mass is 302 g/mol. The molecule has 1 fully saturated rings. The summed E-state index contributed by atoms with van der Waals surface area (Å²) in [7, 11) is 0. The number of ether oxygens (including phenoxy) is 1. The summed E-state index contributed by atoms with van der Waals surface area (Å²) in [6.45, 7) is 4.62. The summed E-state index contributed by atoms with van der Waals surface area (Å²) in [5, 5.41) is 13.0. The summed E-state index contributed by atoms with van der Waals surface area (Å²) in [6.07, 6.45) is -0.513. The van der Waals surface area contributed by atoms with Crippen LogP contribution in [0.15, 0.2) is 22.7 Å². The maximum absolute atomic E-state index is 13.8. The molecule has 2 aromatic rings. The number of rotatable bonds is 2.